The van der Waals surface area contributed by atoms with Crippen LogP contribution in [0.5, 0.6) is 0 Å². The second kappa shape index (κ2) is 5.81. The lowest BCUT2D eigenvalue weighted by atomic mass is 10.1. The topological polar surface area (TPSA) is 33.4 Å². The average Bonchev–Trinajstić information content (AvgIpc) is 2.65. The molecule has 0 bridgehead atoms. The molecule has 1 heterocycles. The zero-order valence-corrected chi connectivity index (χ0v) is 8.20. The van der Waals surface area contributed by atoms with Gasteiger partial charge < -0.3 is 9.52 Å². The second-order valence-corrected chi connectivity index (χ2v) is 3.38. The molecule has 74 valence electrons. The number of unbranched alkanes of at least 4 members (excludes halogenated alkanes) is 3. The zero-order chi connectivity index (χ0) is 9.52. The summed E-state index contributed by atoms with van der Waals surface area (Å²) in [5.74, 6) is 0.691. The third-order valence-electron chi connectivity index (χ3n) is 2.20. The Morgan fingerprint density at radius 3 is 2.85 bits per heavy atom. The van der Waals surface area contributed by atoms with Crippen molar-refractivity contribution in [1.82, 2.24) is 0 Å². The minimum absolute atomic E-state index is 0.410. The highest BCUT2D eigenvalue weighted by Crippen LogP contribution is 2.19. The predicted octanol–water partition coefficient (Wildman–Crippen LogP) is 3.28. The highest BCUT2D eigenvalue weighted by atomic mass is 16.4. The number of aliphatic hydroxyl groups is 1. The van der Waals surface area contributed by atoms with Crippen LogP contribution in [0.4, 0.5) is 0 Å². The fraction of sp³-hybridized carbons (Fsp3) is 0.636. The maximum absolute atomic E-state index is 9.61. The van der Waals surface area contributed by atoms with Crippen LogP contribution < -0.4 is 0 Å². The average molecular weight is 182 g/mol. The monoisotopic (exact) mass is 182 g/mol. The summed E-state index contributed by atoms with van der Waals surface area (Å²) < 4.78 is 5.10. The SMILES string of the molecule is CCCCCC[C@H](O)c1ccco1. The molecule has 0 saturated heterocycles. The van der Waals surface area contributed by atoms with Gasteiger partial charge in [0.2, 0.25) is 0 Å². The van der Waals surface area contributed by atoms with E-state index >= 15 is 0 Å². The quantitative estimate of drug-likeness (QED) is 0.685. The van der Waals surface area contributed by atoms with Crippen LogP contribution in [-0.2, 0) is 0 Å². The maximum atomic E-state index is 9.61. The van der Waals surface area contributed by atoms with Gasteiger partial charge in [-0.15, -0.1) is 0 Å². The Labute approximate surface area is 79.6 Å². The first kappa shape index (κ1) is 10.3. The van der Waals surface area contributed by atoms with Crippen LogP contribution in [0.25, 0.3) is 0 Å². The lowest BCUT2D eigenvalue weighted by molar-refractivity contribution is 0.137. The van der Waals surface area contributed by atoms with Crippen LogP contribution in [0.3, 0.4) is 0 Å². The molecule has 0 unspecified atom stereocenters. The molecule has 1 rings (SSSR count). The lowest BCUT2D eigenvalue weighted by Gasteiger charge is -2.06. The number of hydrogen-bond donors (Lipinski definition) is 1. The van der Waals surface area contributed by atoms with Crippen LogP contribution in [-0.4, -0.2) is 5.11 Å². The Kier molecular flexibility index (Phi) is 4.61. The van der Waals surface area contributed by atoms with E-state index in [1.54, 1.807) is 6.26 Å². The third kappa shape index (κ3) is 3.64. The summed E-state index contributed by atoms with van der Waals surface area (Å²) in [7, 11) is 0. The van der Waals surface area contributed by atoms with Crippen molar-refractivity contribution in [2.45, 2.75) is 45.1 Å². The maximum Gasteiger partial charge on any atom is 0.132 e. The highest BCUT2D eigenvalue weighted by molar-refractivity contribution is 5.01. The molecule has 0 aromatic carbocycles. The number of rotatable bonds is 6. The van der Waals surface area contributed by atoms with E-state index in [0.29, 0.717) is 5.76 Å². The molecule has 0 aliphatic carbocycles. The molecular formula is C11H18O2. The van der Waals surface area contributed by atoms with E-state index in [0.717, 1.165) is 12.8 Å². The van der Waals surface area contributed by atoms with Gasteiger partial charge in [-0.3, -0.25) is 0 Å². The van der Waals surface area contributed by atoms with Gasteiger partial charge in [-0.2, -0.15) is 0 Å². The standard InChI is InChI=1S/C11H18O2/c1-2-3-4-5-7-10(12)11-8-6-9-13-11/h6,8-10,12H,2-5,7H2,1H3/t10-/m0/s1. The molecular weight excluding hydrogens is 164 g/mol. The van der Waals surface area contributed by atoms with Crippen molar-refractivity contribution < 1.29 is 9.52 Å². The Bertz CT molecular complexity index is 204. The van der Waals surface area contributed by atoms with Crippen LogP contribution in [0.2, 0.25) is 0 Å². The first-order chi connectivity index (χ1) is 6.34. The third-order valence-corrected chi connectivity index (χ3v) is 2.20. The summed E-state index contributed by atoms with van der Waals surface area (Å²) >= 11 is 0. The largest absolute Gasteiger partial charge is 0.467 e. The van der Waals surface area contributed by atoms with Gasteiger partial charge in [0.25, 0.3) is 0 Å². The first-order valence-electron chi connectivity index (χ1n) is 5.06. The Morgan fingerprint density at radius 1 is 1.38 bits per heavy atom. The first-order valence-corrected chi connectivity index (χ1v) is 5.06. The van der Waals surface area contributed by atoms with Gasteiger partial charge in [-0.1, -0.05) is 32.6 Å². The van der Waals surface area contributed by atoms with Crippen LogP contribution in [0.1, 0.15) is 50.9 Å². The Hall–Kier alpha value is -0.760. The molecule has 0 amide bonds. The highest BCUT2D eigenvalue weighted by Gasteiger charge is 2.08. The van der Waals surface area contributed by atoms with Gasteiger partial charge in [-0.25, -0.2) is 0 Å². The van der Waals surface area contributed by atoms with E-state index in [2.05, 4.69) is 6.92 Å². The van der Waals surface area contributed by atoms with E-state index in [1.165, 1.54) is 19.3 Å². The molecule has 2 heteroatoms. The van der Waals surface area contributed by atoms with Crippen molar-refractivity contribution >= 4 is 0 Å². The molecule has 1 atom stereocenters. The van der Waals surface area contributed by atoms with E-state index in [1.807, 2.05) is 12.1 Å². The zero-order valence-electron chi connectivity index (χ0n) is 8.20. The molecule has 0 aliphatic heterocycles. The van der Waals surface area contributed by atoms with Crippen LogP contribution in [0, 0.1) is 0 Å². The van der Waals surface area contributed by atoms with Gasteiger partial charge in [-0.05, 0) is 18.6 Å². The van der Waals surface area contributed by atoms with Gasteiger partial charge in [0.05, 0.1) is 6.26 Å². The summed E-state index contributed by atoms with van der Waals surface area (Å²) in [5, 5.41) is 9.61. The summed E-state index contributed by atoms with van der Waals surface area (Å²) in [6, 6.07) is 3.63. The second-order valence-electron chi connectivity index (χ2n) is 3.38. The van der Waals surface area contributed by atoms with Crippen molar-refractivity contribution in [3.8, 4) is 0 Å². The molecule has 0 fully saturated rings. The predicted molar refractivity (Wildman–Crippen MR) is 52.4 cm³/mol. The molecule has 0 radical (unpaired) electrons. The number of furan rings is 1. The summed E-state index contributed by atoms with van der Waals surface area (Å²) in [5.41, 5.74) is 0. The molecule has 0 saturated carbocycles. The van der Waals surface area contributed by atoms with Crippen molar-refractivity contribution in [3.63, 3.8) is 0 Å². The van der Waals surface area contributed by atoms with E-state index < -0.39 is 6.10 Å². The van der Waals surface area contributed by atoms with Crippen molar-refractivity contribution in [1.29, 1.82) is 0 Å². The fourth-order valence-corrected chi connectivity index (χ4v) is 1.39. The van der Waals surface area contributed by atoms with Crippen molar-refractivity contribution in [2.75, 3.05) is 0 Å². The normalized spacial score (nSPS) is 13.1. The molecule has 1 aromatic heterocycles. The molecule has 1 N–H and O–H groups in total. The van der Waals surface area contributed by atoms with Gasteiger partial charge >= 0.3 is 0 Å². The summed E-state index contributed by atoms with van der Waals surface area (Å²) in [6.07, 6.45) is 6.77. The van der Waals surface area contributed by atoms with Gasteiger partial charge in [0, 0.05) is 0 Å². The Balaban J connectivity index is 2.15. The minimum atomic E-state index is -0.410. The smallest absolute Gasteiger partial charge is 0.132 e. The molecule has 0 spiro atoms. The summed E-state index contributed by atoms with van der Waals surface area (Å²) in [4.78, 5) is 0. The van der Waals surface area contributed by atoms with Gasteiger partial charge in [0.1, 0.15) is 11.9 Å². The molecule has 1 aromatic rings. The van der Waals surface area contributed by atoms with E-state index in [-0.39, 0.29) is 0 Å². The van der Waals surface area contributed by atoms with Crippen LogP contribution >= 0.6 is 0 Å². The van der Waals surface area contributed by atoms with Crippen LogP contribution in [0.15, 0.2) is 22.8 Å². The molecule has 13 heavy (non-hydrogen) atoms. The van der Waals surface area contributed by atoms with E-state index in [4.69, 9.17) is 4.42 Å². The van der Waals surface area contributed by atoms with Crippen molar-refractivity contribution in [2.24, 2.45) is 0 Å². The van der Waals surface area contributed by atoms with E-state index in [9.17, 15) is 5.11 Å². The summed E-state index contributed by atoms with van der Waals surface area (Å²) in [6.45, 7) is 2.18. The molecule has 2 nitrogen and oxygen atoms in total. The molecule has 0 aliphatic rings. The number of aliphatic hydroxyl groups excluding tert-OH is 1. The fourth-order valence-electron chi connectivity index (χ4n) is 1.39. The minimum Gasteiger partial charge on any atom is -0.467 e. The Morgan fingerprint density at radius 2 is 2.23 bits per heavy atom. The lowest BCUT2D eigenvalue weighted by Crippen LogP contribution is -1.94. The van der Waals surface area contributed by atoms with Crippen molar-refractivity contribution in [3.05, 3.63) is 24.2 Å². The number of hydrogen-bond acceptors (Lipinski definition) is 2. The van der Waals surface area contributed by atoms with Gasteiger partial charge in [0.15, 0.2) is 0 Å².